The molecule has 0 bridgehead atoms. The van der Waals surface area contributed by atoms with Crippen molar-refractivity contribution in [2.75, 3.05) is 7.11 Å². The van der Waals surface area contributed by atoms with Gasteiger partial charge in [0.2, 0.25) is 5.91 Å². The van der Waals surface area contributed by atoms with Crippen molar-refractivity contribution < 1.29 is 9.53 Å². The van der Waals surface area contributed by atoms with Gasteiger partial charge in [-0.05, 0) is 47.9 Å². The second kappa shape index (κ2) is 7.73. The number of rotatable bonds is 6. The average Bonchev–Trinajstić information content (AvgIpc) is 3.08. The summed E-state index contributed by atoms with van der Waals surface area (Å²) in [5, 5.41) is 6.22. The van der Waals surface area contributed by atoms with Crippen molar-refractivity contribution in [3.63, 3.8) is 0 Å². The van der Waals surface area contributed by atoms with Gasteiger partial charge in [0.05, 0.1) is 12.4 Å². The lowest BCUT2D eigenvalue weighted by Gasteiger charge is -2.13. The number of ether oxygens (including phenoxy) is 1. The molecule has 0 spiro atoms. The van der Waals surface area contributed by atoms with Crippen molar-refractivity contribution in [1.82, 2.24) is 10.6 Å². The lowest BCUT2D eigenvalue weighted by Crippen LogP contribution is -2.30. The highest BCUT2D eigenvalue weighted by Crippen LogP contribution is 2.25. The Hall–Kier alpha value is -1.98. The van der Waals surface area contributed by atoms with E-state index in [9.17, 15) is 4.79 Å². The van der Waals surface area contributed by atoms with E-state index in [1.54, 1.807) is 18.9 Å². The minimum Gasteiger partial charge on any atom is -0.497 e. The number of nitrogens with one attached hydrogen (secondary N) is 2. The van der Waals surface area contributed by atoms with Crippen LogP contribution in [-0.4, -0.2) is 18.3 Å². The Morgan fingerprint density at radius 3 is 2.71 bits per heavy atom. The molecule has 0 aliphatic carbocycles. The van der Waals surface area contributed by atoms with E-state index in [0.717, 1.165) is 29.3 Å². The molecule has 1 aliphatic rings. The smallest absolute Gasteiger partial charge is 0.233 e. The van der Waals surface area contributed by atoms with Crippen molar-refractivity contribution in [3.8, 4) is 5.75 Å². The van der Waals surface area contributed by atoms with Crippen LogP contribution in [0.15, 0.2) is 47.4 Å². The number of benzene rings is 2. The van der Waals surface area contributed by atoms with Crippen LogP contribution in [0.1, 0.15) is 23.6 Å². The number of carbonyl (C=O) groups excluding carboxylic acids is 1. The summed E-state index contributed by atoms with van der Waals surface area (Å²) in [6.45, 7) is 4.36. The molecule has 1 heterocycles. The normalized spacial score (nSPS) is 14.1. The summed E-state index contributed by atoms with van der Waals surface area (Å²) in [5.41, 5.74) is 3.84. The van der Waals surface area contributed by atoms with E-state index >= 15 is 0 Å². The lowest BCUT2D eigenvalue weighted by atomic mass is 10.1. The maximum atomic E-state index is 12.3. The van der Waals surface area contributed by atoms with E-state index in [0.29, 0.717) is 6.54 Å². The third-order valence-corrected chi connectivity index (χ3v) is 5.22. The molecule has 5 heteroatoms. The average molecular weight is 342 g/mol. The molecule has 1 aliphatic heterocycles. The van der Waals surface area contributed by atoms with Crippen molar-refractivity contribution in [2.45, 2.75) is 36.7 Å². The third-order valence-electron chi connectivity index (χ3n) is 4.11. The summed E-state index contributed by atoms with van der Waals surface area (Å²) in [6, 6.07) is 14.2. The molecule has 0 saturated carbocycles. The van der Waals surface area contributed by atoms with E-state index in [1.807, 2.05) is 31.2 Å². The summed E-state index contributed by atoms with van der Waals surface area (Å²) in [5.74, 6) is 0.872. The van der Waals surface area contributed by atoms with Crippen LogP contribution in [-0.2, 0) is 24.4 Å². The fraction of sp³-hybridized carbons (Fsp3) is 0.316. The minimum absolute atomic E-state index is 0.0504. The molecule has 2 aromatic carbocycles. The Bertz CT molecular complexity index is 716. The van der Waals surface area contributed by atoms with Gasteiger partial charge < -0.3 is 15.4 Å². The van der Waals surface area contributed by atoms with Gasteiger partial charge in [0.15, 0.2) is 0 Å². The Morgan fingerprint density at radius 2 is 1.96 bits per heavy atom. The van der Waals surface area contributed by atoms with Gasteiger partial charge in [-0.1, -0.05) is 18.2 Å². The van der Waals surface area contributed by atoms with Gasteiger partial charge in [0, 0.05) is 24.5 Å². The number of methoxy groups -OCH3 is 1. The molecule has 24 heavy (non-hydrogen) atoms. The molecule has 1 atom stereocenters. The van der Waals surface area contributed by atoms with E-state index in [2.05, 4.69) is 28.8 Å². The second-order valence-corrected chi connectivity index (χ2v) is 7.27. The molecular weight excluding hydrogens is 320 g/mol. The van der Waals surface area contributed by atoms with Gasteiger partial charge in [-0.25, -0.2) is 0 Å². The van der Waals surface area contributed by atoms with Gasteiger partial charge in [-0.3, -0.25) is 4.79 Å². The number of carbonyl (C=O) groups is 1. The van der Waals surface area contributed by atoms with Gasteiger partial charge in [0.1, 0.15) is 5.75 Å². The summed E-state index contributed by atoms with van der Waals surface area (Å²) in [6.07, 6.45) is 0. The van der Waals surface area contributed by atoms with E-state index in [-0.39, 0.29) is 11.2 Å². The molecule has 0 radical (unpaired) electrons. The summed E-state index contributed by atoms with van der Waals surface area (Å²) in [7, 11) is 1.65. The first-order chi connectivity index (χ1) is 11.7. The predicted molar refractivity (Wildman–Crippen MR) is 97.1 cm³/mol. The Kier molecular flexibility index (Phi) is 5.43. The SMILES string of the molecule is COc1ccc(SC(C)C(=O)NCc2ccc3c(c2)CNC3)cc1. The summed E-state index contributed by atoms with van der Waals surface area (Å²) < 4.78 is 5.15. The quantitative estimate of drug-likeness (QED) is 0.792. The molecule has 1 unspecified atom stereocenters. The van der Waals surface area contributed by atoms with Gasteiger partial charge in [-0.15, -0.1) is 11.8 Å². The number of hydrogen-bond donors (Lipinski definition) is 2. The standard InChI is InChI=1S/C19H22N2O2S/c1-13(24-18-7-5-17(23-2)6-8-18)19(22)21-10-14-3-4-15-11-20-12-16(15)9-14/h3-9,13,20H,10-12H2,1-2H3,(H,21,22). The van der Waals surface area contributed by atoms with Crippen LogP contribution in [0, 0.1) is 0 Å². The highest BCUT2D eigenvalue weighted by Gasteiger charge is 2.15. The van der Waals surface area contributed by atoms with Crippen LogP contribution in [0.5, 0.6) is 5.75 Å². The van der Waals surface area contributed by atoms with Crippen LogP contribution in [0.25, 0.3) is 0 Å². The molecule has 2 N–H and O–H groups in total. The van der Waals surface area contributed by atoms with Crippen LogP contribution in [0.3, 0.4) is 0 Å². The zero-order valence-electron chi connectivity index (χ0n) is 14.0. The number of fused-ring (bicyclic) bond motifs is 1. The van der Waals surface area contributed by atoms with E-state index < -0.39 is 0 Å². The predicted octanol–water partition coefficient (Wildman–Crippen LogP) is 3.10. The van der Waals surface area contributed by atoms with Gasteiger partial charge in [0.25, 0.3) is 0 Å². The van der Waals surface area contributed by atoms with Crippen LogP contribution < -0.4 is 15.4 Å². The number of hydrogen-bond acceptors (Lipinski definition) is 4. The van der Waals surface area contributed by atoms with Crippen molar-refractivity contribution >= 4 is 17.7 Å². The maximum absolute atomic E-state index is 12.3. The molecule has 4 nitrogen and oxygen atoms in total. The molecule has 0 aromatic heterocycles. The summed E-state index contributed by atoms with van der Waals surface area (Å²) in [4.78, 5) is 13.4. The van der Waals surface area contributed by atoms with E-state index in [4.69, 9.17) is 4.74 Å². The zero-order valence-corrected chi connectivity index (χ0v) is 14.8. The molecule has 0 saturated heterocycles. The zero-order chi connectivity index (χ0) is 16.9. The lowest BCUT2D eigenvalue weighted by molar-refractivity contribution is -0.120. The van der Waals surface area contributed by atoms with Gasteiger partial charge >= 0.3 is 0 Å². The fourth-order valence-corrected chi connectivity index (χ4v) is 3.59. The number of amides is 1. The monoisotopic (exact) mass is 342 g/mol. The van der Waals surface area contributed by atoms with Crippen molar-refractivity contribution in [1.29, 1.82) is 0 Å². The third kappa shape index (κ3) is 4.10. The molecule has 0 fully saturated rings. The van der Waals surface area contributed by atoms with Gasteiger partial charge in [-0.2, -0.15) is 0 Å². The number of thioether (sulfide) groups is 1. The Morgan fingerprint density at radius 1 is 1.21 bits per heavy atom. The first kappa shape index (κ1) is 16.9. The van der Waals surface area contributed by atoms with Crippen molar-refractivity contribution in [2.24, 2.45) is 0 Å². The molecule has 126 valence electrons. The van der Waals surface area contributed by atoms with Crippen LogP contribution >= 0.6 is 11.8 Å². The molecule has 1 amide bonds. The van der Waals surface area contributed by atoms with Crippen LogP contribution in [0.2, 0.25) is 0 Å². The highest BCUT2D eigenvalue weighted by molar-refractivity contribution is 8.00. The maximum Gasteiger partial charge on any atom is 0.233 e. The van der Waals surface area contributed by atoms with E-state index in [1.165, 1.54) is 11.1 Å². The topological polar surface area (TPSA) is 50.4 Å². The van der Waals surface area contributed by atoms with Crippen LogP contribution in [0.4, 0.5) is 0 Å². The molecule has 3 rings (SSSR count). The molecular formula is C19H22N2O2S. The molecule has 2 aromatic rings. The second-order valence-electron chi connectivity index (χ2n) is 5.86. The highest BCUT2D eigenvalue weighted by atomic mass is 32.2. The Labute approximate surface area is 147 Å². The largest absolute Gasteiger partial charge is 0.497 e. The first-order valence-corrected chi connectivity index (χ1v) is 8.93. The van der Waals surface area contributed by atoms with Crippen molar-refractivity contribution in [3.05, 3.63) is 59.2 Å². The first-order valence-electron chi connectivity index (χ1n) is 8.05. The Balaban J connectivity index is 1.52. The summed E-state index contributed by atoms with van der Waals surface area (Å²) >= 11 is 1.55. The fourth-order valence-electron chi connectivity index (χ4n) is 2.70. The minimum atomic E-state index is -0.144.